The minimum atomic E-state index is -0.904. The molecule has 2 heterocycles. The van der Waals surface area contributed by atoms with Gasteiger partial charge in [0, 0.05) is 12.2 Å². The zero-order valence-electron chi connectivity index (χ0n) is 14.7. The number of aliphatic hydroxyl groups excluding tert-OH is 3. The van der Waals surface area contributed by atoms with Crippen LogP contribution in [-0.4, -0.2) is 68.9 Å². The van der Waals surface area contributed by atoms with Crippen molar-refractivity contribution in [3.8, 4) is 17.0 Å². The van der Waals surface area contributed by atoms with Gasteiger partial charge >= 0.3 is 0 Å². The second-order valence-corrected chi connectivity index (χ2v) is 5.78. The van der Waals surface area contributed by atoms with E-state index in [-0.39, 0.29) is 6.61 Å². The number of ether oxygens (including phenoxy) is 2. The number of hydrogen-bond acceptors (Lipinski definition) is 7. The van der Waals surface area contributed by atoms with E-state index in [1.807, 2.05) is 24.3 Å². The minimum absolute atomic E-state index is 0.0833. The molecule has 0 saturated carbocycles. The topological polar surface area (TPSA) is 110 Å². The van der Waals surface area contributed by atoms with Crippen molar-refractivity contribution >= 4 is 0 Å². The summed E-state index contributed by atoms with van der Waals surface area (Å²) in [6.07, 6.45) is 1.53. The lowest BCUT2D eigenvalue weighted by atomic mass is 10.0. The van der Waals surface area contributed by atoms with Crippen molar-refractivity contribution in [2.75, 3.05) is 20.3 Å². The Morgan fingerprint density at radius 2 is 2.19 bits per heavy atom. The van der Waals surface area contributed by atoms with Gasteiger partial charge in [-0.2, -0.15) is 0 Å². The molecule has 2 aromatic rings. The summed E-state index contributed by atoms with van der Waals surface area (Å²) in [6, 6.07) is 7.55. The van der Waals surface area contributed by atoms with Crippen molar-refractivity contribution in [2.45, 2.75) is 31.3 Å². The van der Waals surface area contributed by atoms with Crippen LogP contribution in [0.25, 0.3) is 11.3 Å². The summed E-state index contributed by atoms with van der Waals surface area (Å²) in [6.45, 7) is 4.09. The quantitative estimate of drug-likeness (QED) is 0.668. The van der Waals surface area contributed by atoms with Gasteiger partial charge in [0.05, 0.1) is 32.6 Å². The van der Waals surface area contributed by atoms with E-state index in [1.165, 1.54) is 6.08 Å². The first-order valence-corrected chi connectivity index (χ1v) is 8.33. The highest BCUT2D eigenvalue weighted by atomic mass is 16.5. The van der Waals surface area contributed by atoms with Crippen LogP contribution in [0.1, 0.15) is 6.42 Å². The first-order valence-electron chi connectivity index (χ1n) is 8.33. The van der Waals surface area contributed by atoms with E-state index in [0.717, 1.165) is 11.3 Å². The van der Waals surface area contributed by atoms with Gasteiger partial charge in [-0.15, -0.1) is 11.7 Å². The molecule has 3 N–H and O–H groups in total. The van der Waals surface area contributed by atoms with Crippen molar-refractivity contribution in [1.82, 2.24) is 15.0 Å². The van der Waals surface area contributed by atoms with Crippen molar-refractivity contribution in [3.63, 3.8) is 0 Å². The van der Waals surface area contributed by atoms with Crippen LogP contribution in [0.3, 0.4) is 0 Å². The number of rotatable bonds is 5. The van der Waals surface area contributed by atoms with Gasteiger partial charge < -0.3 is 24.8 Å². The van der Waals surface area contributed by atoms with Crippen molar-refractivity contribution < 1.29 is 24.8 Å². The molecule has 3 unspecified atom stereocenters. The van der Waals surface area contributed by atoms with Crippen molar-refractivity contribution in [3.05, 3.63) is 43.1 Å². The molecule has 1 aromatic heterocycles. The van der Waals surface area contributed by atoms with E-state index < -0.39 is 18.3 Å². The van der Waals surface area contributed by atoms with Crippen LogP contribution in [0, 0.1) is 0 Å². The number of benzene rings is 1. The van der Waals surface area contributed by atoms with Crippen LogP contribution in [-0.2, 0) is 11.3 Å². The zero-order valence-corrected chi connectivity index (χ0v) is 14.7. The molecule has 3 rings (SSSR count). The fraction of sp³-hybridized carbons (Fsp3) is 0.444. The molecule has 1 fully saturated rings. The highest BCUT2D eigenvalue weighted by Crippen LogP contribution is 2.22. The van der Waals surface area contributed by atoms with Gasteiger partial charge in [0.25, 0.3) is 0 Å². The van der Waals surface area contributed by atoms with Crippen LogP contribution >= 0.6 is 0 Å². The van der Waals surface area contributed by atoms with E-state index in [0.29, 0.717) is 25.3 Å². The lowest BCUT2D eigenvalue weighted by Gasteiger charge is -2.31. The lowest BCUT2D eigenvalue weighted by Crippen LogP contribution is -2.46. The molecule has 0 spiro atoms. The van der Waals surface area contributed by atoms with Gasteiger partial charge in [-0.05, 0) is 18.6 Å². The summed E-state index contributed by atoms with van der Waals surface area (Å²) in [7, 11) is 1.61. The Balaban J connectivity index is 0.000000552. The molecule has 1 aliphatic rings. The van der Waals surface area contributed by atoms with Crippen molar-refractivity contribution in [2.24, 2.45) is 0 Å². The molecule has 1 aromatic carbocycles. The largest absolute Gasteiger partial charge is 0.497 e. The molecule has 0 aliphatic carbocycles. The fourth-order valence-electron chi connectivity index (χ4n) is 2.50. The normalized spacial score (nSPS) is 22.2. The van der Waals surface area contributed by atoms with Gasteiger partial charge in [-0.1, -0.05) is 23.4 Å². The molecule has 0 amide bonds. The van der Waals surface area contributed by atoms with Crippen LogP contribution in [0.5, 0.6) is 5.75 Å². The van der Waals surface area contributed by atoms with Gasteiger partial charge in [0.2, 0.25) is 0 Å². The third kappa shape index (κ3) is 5.37. The average Bonchev–Trinajstić information content (AvgIpc) is 3.14. The Morgan fingerprint density at radius 3 is 2.88 bits per heavy atom. The lowest BCUT2D eigenvalue weighted by molar-refractivity contribution is -0.140. The summed E-state index contributed by atoms with van der Waals surface area (Å²) in [4.78, 5) is 0. The highest BCUT2D eigenvalue weighted by molar-refractivity contribution is 5.59. The summed E-state index contributed by atoms with van der Waals surface area (Å²) in [5.41, 5.74) is 1.61. The van der Waals surface area contributed by atoms with Gasteiger partial charge in [-0.3, -0.25) is 0 Å². The molecule has 0 bridgehead atoms. The van der Waals surface area contributed by atoms with Crippen LogP contribution in [0.4, 0.5) is 0 Å². The third-order valence-electron chi connectivity index (χ3n) is 3.92. The van der Waals surface area contributed by atoms with Gasteiger partial charge in [0.1, 0.15) is 23.7 Å². The maximum atomic E-state index is 9.94. The zero-order chi connectivity index (χ0) is 18.9. The molecule has 26 heavy (non-hydrogen) atoms. The Hall–Kier alpha value is -2.26. The number of methoxy groups -OCH3 is 1. The standard InChI is InChI=1S/C15H19N3O4.C3H6O/c1-21-11-4-2-3-10(7-11)12-8-18(17-16-12)9-14-15(20)13(19)5-6-22-14;1-2-3-4/h2-4,7-8,13-15,19-20H,5-6,9H2,1H3;2,4H,1,3H2. The van der Waals surface area contributed by atoms with Gasteiger partial charge in [0.15, 0.2) is 0 Å². The van der Waals surface area contributed by atoms with E-state index in [9.17, 15) is 10.2 Å². The second kappa shape index (κ2) is 10.0. The minimum Gasteiger partial charge on any atom is -0.497 e. The van der Waals surface area contributed by atoms with Gasteiger partial charge in [-0.25, -0.2) is 4.68 Å². The molecule has 1 saturated heterocycles. The molecule has 0 radical (unpaired) electrons. The third-order valence-corrected chi connectivity index (χ3v) is 3.92. The first kappa shape index (κ1) is 20.1. The van der Waals surface area contributed by atoms with Crippen LogP contribution in [0.2, 0.25) is 0 Å². The number of aliphatic hydroxyl groups is 3. The fourth-order valence-corrected chi connectivity index (χ4v) is 2.50. The number of aromatic nitrogens is 3. The maximum absolute atomic E-state index is 9.94. The Bertz CT molecular complexity index is 691. The molecule has 8 heteroatoms. The highest BCUT2D eigenvalue weighted by Gasteiger charge is 2.31. The van der Waals surface area contributed by atoms with Crippen LogP contribution < -0.4 is 4.74 Å². The maximum Gasteiger partial charge on any atom is 0.119 e. The molecular formula is C18H25N3O5. The summed E-state index contributed by atoms with van der Waals surface area (Å²) in [5.74, 6) is 0.751. The van der Waals surface area contributed by atoms with E-state index >= 15 is 0 Å². The summed E-state index contributed by atoms with van der Waals surface area (Å²) >= 11 is 0. The Kier molecular flexibility index (Phi) is 7.73. The molecule has 8 nitrogen and oxygen atoms in total. The second-order valence-electron chi connectivity index (χ2n) is 5.78. The predicted molar refractivity (Wildman–Crippen MR) is 95.7 cm³/mol. The smallest absolute Gasteiger partial charge is 0.119 e. The molecule has 142 valence electrons. The SMILES string of the molecule is C=CCO.COc1cccc(-c2cn(CC3OCCC(O)C3O)nn2)c1. The Morgan fingerprint density at radius 1 is 1.42 bits per heavy atom. The molecular weight excluding hydrogens is 338 g/mol. The van der Waals surface area contributed by atoms with Crippen LogP contribution in [0.15, 0.2) is 43.1 Å². The predicted octanol–water partition coefficient (Wildman–Crippen LogP) is 0.629. The number of hydrogen-bond donors (Lipinski definition) is 3. The van der Waals surface area contributed by atoms with Crippen molar-refractivity contribution in [1.29, 1.82) is 0 Å². The van der Waals surface area contributed by atoms with E-state index in [1.54, 1.807) is 18.0 Å². The average molecular weight is 363 g/mol. The summed E-state index contributed by atoms with van der Waals surface area (Å²) < 4.78 is 12.3. The van der Waals surface area contributed by atoms with E-state index in [4.69, 9.17) is 14.6 Å². The summed E-state index contributed by atoms with van der Waals surface area (Å²) in [5, 5.41) is 35.6. The number of nitrogens with zero attached hydrogens (tertiary/aromatic N) is 3. The Labute approximate surface area is 152 Å². The first-order chi connectivity index (χ1) is 12.6. The molecule has 3 atom stereocenters. The van der Waals surface area contributed by atoms with E-state index in [2.05, 4.69) is 16.9 Å². The monoisotopic (exact) mass is 363 g/mol. The molecule has 1 aliphatic heterocycles.